The third kappa shape index (κ3) is 10.4. The fourth-order valence-electron chi connectivity index (χ4n) is 3.26. The van der Waals surface area contributed by atoms with E-state index in [0.29, 0.717) is 23.5 Å². The number of aromatic nitrogens is 4. The molecular weight excluding hydrogens is 544 g/mol. The van der Waals surface area contributed by atoms with Crippen molar-refractivity contribution in [3.8, 4) is 0 Å². The first kappa shape index (κ1) is 30.1. The Hall–Kier alpha value is -3.40. The minimum Gasteiger partial charge on any atom is -0.385 e. The van der Waals surface area contributed by atoms with Gasteiger partial charge < -0.3 is 31.5 Å². The molecule has 15 heteroatoms. The number of nitrogens with one attached hydrogen (secondary N) is 4. The normalized spacial score (nSPS) is 11.7. The Morgan fingerprint density at radius 3 is 2.72 bits per heavy atom. The van der Waals surface area contributed by atoms with Gasteiger partial charge in [-0.05, 0) is 30.7 Å². The summed E-state index contributed by atoms with van der Waals surface area (Å²) in [4.78, 5) is 51.1. The average Bonchev–Trinajstić information content (AvgIpc) is 2.92. The number of anilines is 2. The molecule has 0 aliphatic carbocycles. The highest BCUT2D eigenvalue weighted by atomic mass is 33.1. The van der Waals surface area contributed by atoms with E-state index in [9.17, 15) is 19.5 Å². The molecule has 2 amide bonds. The maximum atomic E-state index is 12.4. The Bertz CT molecular complexity index is 1290. The van der Waals surface area contributed by atoms with Crippen LogP contribution in [0.3, 0.4) is 0 Å². The number of aromatic amines is 1. The van der Waals surface area contributed by atoms with Gasteiger partial charge in [0.05, 0.1) is 18.4 Å². The molecule has 13 nitrogen and oxygen atoms in total. The van der Waals surface area contributed by atoms with Crippen LogP contribution in [-0.4, -0.2) is 74.9 Å². The van der Waals surface area contributed by atoms with Gasteiger partial charge in [-0.15, -0.1) is 0 Å². The van der Waals surface area contributed by atoms with Crippen molar-refractivity contribution in [2.75, 3.05) is 42.8 Å². The number of aliphatic hydroxyl groups is 1. The van der Waals surface area contributed by atoms with Crippen LogP contribution >= 0.6 is 21.6 Å². The number of fused-ring (bicyclic) bond motifs is 1. The van der Waals surface area contributed by atoms with Crippen molar-refractivity contribution in [1.82, 2.24) is 30.6 Å². The maximum absolute atomic E-state index is 12.4. The van der Waals surface area contributed by atoms with Gasteiger partial charge in [-0.1, -0.05) is 21.6 Å². The van der Waals surface area contributed by atoms with Crippen LogP contribution in [0.5, 0.6) is 0 Å². The molecule has 0 saturated heterocycles. The van der Waals surface area contributed by atoms with E-state index in [1.165, 1.54) is 6.20 Å². The lowest BCUT2D eigenvalue weighted by Crippen LogP contribution is -2.36. The molecular formula is C24H32N8O5S2. The van der Waals surface area contributed by atoms with Crippen molar-refractivity contribution in [1.29, 1.82) is 0 Å². The number of amides is 2. The molecule has 1 atom stereocenters. The summed E-state index contributed by atoms with van der Waals surface area (Å²) in [5.41, 5.74) is 6.88. The third-order valence-corrected chi connectivity index (χ3v) is 7.71. The van der Waals surface area contributed by atoms with Gasteiger partial charge in [0, 0.05) is 55.9 Å². The quantitative estimate of drug-likeness (QED) is 0.0812. The van der Waals surface area contributed by atoms with E-state index in [-0.39, 0.29) is 42.4 Å². The van der Waals surface area contributed by atoms with E-state index in [2.05, 4.69) is 35.9 Å². The van der Waals surface area contributed by atoms with E-state index >= 15 is 0 Å². The van der Waals surface area contributed by atoms with Gasteiger partial charge in [0.15, 0.2) is 11.2 Å². The first-order chi connectivity index (χ1) is 18.9. The van der Waals surface area contributed by atoms with Gasteiger partial charge in [0.25, 0.3) is 11.5 Å². The Balaban J connectivity index is 1.35. The van der Waals surface area contributed by atoms with E-state index in [1.807, 2.05) is 0 Å². The number of aliphatic hydroxyl groups excluding tert-OH is 1. The van der Waals surface area contributed by atoms with Crippen LogP contribution in [0.25, 0.3) is 11.2 Å². The summed E-state index contributed by atoms with van der Waals surface area (Å²) in [5, 5.41) is 18.6. The minimum atomic E-state index is -1.15. The van der Waals surface area contributed by atoms with Crippen LogP contribution in [-0.2, 0) is 16.1 Å². The Morgan fingerprint density at radius 1 is 1.18 bits per heavy atom. The molecule has 0 radical (unpaired) electrons. The fourth-order valence-corrected chi connectivity index (χ4v) is 5.23. The molecule has 0 saturated carbocycles. The number of nitrogens with zero attached hydrogens (tertiary/aromatic N) is 3. The minimum absolute atomic E-state index is 0.0282. The summed E-state index contributed by atoms with van der Waals surface area (Å²) < 4.78 is 4.99. The van der Waals surface area contributed by atoms with Crippen molar-refractivity contribution >= 4 is 56.2 Å². The van der Waals surface area contributed by atoms with Gasteiger partial charge >= 0.3 is 0 Å². The second-order valence-corrected chi connectivity index (χ2v) is 11.0. The molecule has 3 aromatic rings. The number of hydrogen-bond acceptors (Lipinski definition) is 12. The molecule has 0 aliphatic rings. The summed E-state index contributed by atoms with van der Waals surface area (Å²) in [6.07, 6.45) is 1.54. The molecule has 2 heterocycles. The highest BCUT2D eigenvalue weighted by Gasteiger charge is 2.13. The van der Waals surface area contributed by atoms with Crippen molar-refractivity contribution < 1.29 is 19.4 Å². The van der Waals surface area contributed by atoms with Gasteiger partial charge in [0.2, 0.25) is 11.9 Å². The molecule has 39 heavy (non-hydrogen) atoms. The lowest BCUT2D eigenvalue weighted by Gasteiger charge is -2.13. The van der Waals surface area contributed by atoms with Crippen molar-refractivity contribution in [2.24, 2.45) is 0 Å². The summed E-state index contributed by atoms with van der Waals surface area (Å²) in [7, 11) is 5.11. The van der Waals surface area contributed by atoms with Gasteiger partial charge in [-0.2, -0.15) is 4.98 Å². The van der Waals surface area contributed by atoms with Gasteiger partial charge in [0.1, 0.15) is 6.23 Å². The zero-order chi connectivity index (χ0) is 28.0. The molecule has 0 spiro atoms. The largest absolute Gasteiger partial charge is 0.385 e. The molecule has 2 aromatic heterocycles. The first-order valence-electron chi connectivity index (χ1n) is 12.2. The molecule has 1 unspecified atom stereocenters. The predicted octanol–water partition coefficient (Wildman–Crippen LogP) is 1.27. The second kappa shape index (κ2) is 15.9. The standard InChI is InChI=1S/C24H32N8O5S2/c1-37-10-2-11-38-39-12-9-26-18(33)7-8-19(34)30-22(35)15-3-5-16(6-4-15)27-13-17-14-28-21-20(29-17)23(36)32-24(25)31-21/h3-6,14,19,27,34H,2,7-13H2,1H3,(H,26,33)(H,30,35)(H3,25,28,31,32,36). The SMILES string of the molecule is COCCCSSCCNC(=O)CCC(O)NC(=O)c1ccc(NCc2cnc3nc(N)[nH]c(=O)c3n2)cc1. The summed E-state index contributed by atoms with van der Waals surface area (Å²) in [6.45, 7) is 1.57. The first-order valence-corrected chi connectivity index (χ1v) is 14.7. The van der Waals surface area contributed by atoms with Crippen LogP contribution in [0, 0.1) is 0 Å². The topological polar surface area (TPSA) is 197 Å². The Morgan fingerprint density at radius 2 is 1.95 bits per heavy atom. The molecule has 1 aromatic carbocycles. The van der Waals surface area contributed by atoms with Crippen LogP contribution in [0.1, 0.15) is 35.3 Å². The molecule has 3 rings (SSSR count). The van der Waals surface area contributed by atoms with Crippen molar-refractivity contribution in [3.63, 3.8) is 0 Å². The number of H-pyrrole nitrogens is 1. The number of methoxy groups -OCH3 is 1. The van der Waals surface area contributed by atoms with E-state index < -0.39 is 17.7 Å². The van der Waals surface area contributed by atoms with Crippen molar-refractivity contribution in [2.45, 2.75) is 32.0 Å². The van der Waals surface area contributed by atoms with Crippen LogP contribution < -0.4 is 27.2 Å². The van der Waals surface area contributed by atoms with Crippen LogP contribution in [0.4, 0.5) is 11.6 Å². The highest BCUT2D eigenvalue weighted by molar-refractivity contribution is 8.76. The third-order valence-electron chi connectivity index (χ3n) is 5.22. The molecule has 7 N–H and O–H groups in total. The van der Waals surface area contributed by atoms with Crippen LogP contribution in [0.2, 0.25) is 0 Å². The number of nitrogens with two attached hydrogens (primary N) is 1. The average molecular weight is 577 g/mol. The van der Waals surface area contributed by atoms with Crippen molar-refractivity contribution in [3.05, 3.63) is 52.1 Å². The smallest absolute Gasteiger partial charge is 0.280 e. The molecule has 0 bridgehead atoms. The molecule has 210 valence electrons. The zero-order valence-corrected chi connectivity index (χ0v) is 23.1. The van der Waals surface area contributed by atoms with E-state index in [0.717, 1.165) is 24.5 Å². The fraction of sp³-hybridized carbons (Fsp3) is 0.417. The molecule has 0 aliphatic heterocycles. The Kier molecular flexibility index (Phi) is 12.3. The van der Waals surface area contributed by atoms with Gasteiger partial charge in [-0.25, -0.2) is 9.97 Å². The number of benzene rings is 1. The summed E-state index contributed by atoms with van der Waals surface area (Å²) in [5.74, 6) is 1.12. The predicted molar refractivity (Wildman–Crippen MR) is 153 cm³/mol. The Labute approximate surface area is 232 Å². The number of nitrogen functional groups attached to an aromatic ring is 1. The molecule has 0 fully saturated rings. The maximum Gasteiger partial charge on any atom is 0.280 e. The van der Waals surface area contributed by atoms with Gasteiger partial charge in [-0.3, -0.25) is 19.4 Å². The monoisotopic (exact) mass is 576 g/mol. The van der Waals surface area contributed by atoms with E-state index in [1.54, 1.807) is 53.0 Å². The highest BCUT2D eigenvalue weighted by Crippen LogP contribution is 2.21. The lowest BCUT2D eigenvalue weighted by atomic mass is 10.2. The zero-order valence-electron chi connectivity index (χ0n) is 21.4. The number of hydrogen-bond donors (Lipinski definition) is 6. The summed E-state index contributed by atoms with van der Waals surface area (Å²) >= 11 is 0. The number of rotatable bonds is 16. The number of carbonyl (C=O) groups is 2. The van der Waals surface area contributed by atoms with E-state index in [4.69, 9.17) is 10.5 Å². The summed E-state index contributed by atoms with van der Waals surface area (Å²) in [6, 6.07) is 6.61. The van der Waals surface area contributed by atoms with Crippen LogP contribution in [0.15, 0.2) is 35.3 Å². The number of carbonyl (C=O) groups excluding carboxylic acids is 2. The lowest BCUT2D eigenvalue weighted by molar-refractivity contribution is -0.121. The number of ether oxygens (including phenoxy) is 1. The second-order valence-electron chi connectivity index (χ2n) is 8.28.